The summed E-state index contributed by atoms with van der Waals surface area (Å²) in [6, 6.07) is 4.49. The number of piperazine rings is 1. The van der Waals surface area contributed by atoms with Crippen LogP contribution < -0.4 is 0 Å². The Kier molecular flexibility index (Phi) is 5.06. The lowest BCUT2D eigenvalue weighted by molar-refractivity contribution is -0.130. The van der Waals surface area contributed by atoms with Gasteiger partial charge in [-0.05, 0) is 37.5 Å². The van der Waals surface area contributed by atoms with E-state index in [4.69, 9.17) is 11.6 Å². The molecule has 0 spiro atoms. The number of rotatable bonds is 3. The van der Waals surface area contributed by atoms with Crippen molar-refractivity contribution in [2.75, 3.05) is 32.1 Å². The van der Waals surface area contributed by atoms with Crippen LogP contribution in [-0.4, -0.2) is 47.8 Å². The van der Waals surface area contributed by atoms with Gasteiger partial charge in [0.1, 0.15) is 5.88 Å². The highest BCUT2D eigenvalue weighted by molar-refractivity contribution is 6.27. The maximum Gasteiger partial charge on any atom is 0.237 e. The second-order valence-corrected chi connectivity index (χ2v) is 5.94. The van der Waals surface area contributed by atoms with E-state index in [9.17, 15) is 4.79 Å². The summed E-state index contributed by atoms with van der Waals surface area (Å²) in [7, 11) is 0. The Morgan fingerprint density at radius 1 is 1.10 bits per heavy atom. The van der Waals surface area contributed by atoms with Crippen LogP contribution in [0.2, 0.25) is 0 Å². The van der Waals surface area contributed by atoms with Gasteiger partial charge >= 0.3 is 0 Å². The van der Waals surface area contributed by atoms with Crippen molar-refractivity contribution in [3.63, 3.8) is 0 Å². The van der Waals surface area contributed by atoms with Gasteiger partial charge in [-0.1, -0.05) is 17.7 Å². The zero-order chi connectivity index (χ0) is 14.7. The van der Waals surface area contributed by atoms with Crippen molar-refractivity contribution in [1.29, 1.82) is 0 Å². The lowest BCUT2D eigenvalue weighted by Crippen LogP contribution is -2.48. The lowest BCUT2D eigenvalue weighted by atomic mass is 9.99. The molecule has 0 aliphatic carbocycles. The molecule has 0 radical (unpaired) electrons. The molecule has 1 heterocycles. The van der Waals surface area contributed by atoms with Gasteiger partial charge in [0, 0.05) is 32.7 Å². The molecule has 1 aromatic carbocycles. The SMILES string of the molecule is Cc1cc(C)c(CN2CCN(C(=O)CCl)CC2)c(C)c1. The Labute approximate surface area is 126 Å². The molecule has 2 rings (SSSR count). The summed E-state index contributed by atoms with van der Waals surface area (Å²) >= 11 is 5.60. The van der Waals surface area contributed by atoms with Crippen molar-refractivity contribution in [3.8, 4) is 0 Å². The van der Waals surface area contributed by atoms with Crippen molar-refractivity contribution in [2.24, 2.45) is 0 Å². The van der Waals surface area contributed by atoms with Crippen LogP contribution in [0, 0.1) is 20.8 Å². The topological polar surface area (TPSA) is 23.6 Å². The van der Waals surface area contributed by atoms with Crippen LogP contribution in [0.25, 0.3) is 0 Å². The minimum absolute atomic E-state index is 0.0500. The number of carbonyl (C=O) groups excluding carboxylic acids is 1. The maximum absolute atomic E-state index is 11.6. The fourth-order valence-electron chi connectivity index (χ4n) is 2.92. The van der Waals surface area contributed by atoms with Gasteiger partial charge in [0.05, 0.1) is 0 Å². The number of carbonyl (C=O) groups is 1. The maximum atomic E-state index is 11.6. The molecule has 3 nitrogen and oxygen atoms in total. The Balaban J connectivity index is 1.98. The molecule has 1 amide bonds. The molecule has 1 saturated heterocycles. The summed E-state index contributed by atoms with van der Waals surface area (Å²) in [5.74, 6) is 0.143. The summed E-state index contributed by atoms with van der Waals surface area (Å²) in [6.45, 7) is 10.9. The molecule has 0 saturated carbocycles. The molecule has 0 bridgehead atoms. The van der Waals surface area contributed by atoms with Crippen LogP contribution >= 0.6 is 11.6 Å². The van der Waals surface area contributed by atoms with Crippen molar-refractivity contribution in [2.45, 2.75) is 27.3 Å². The lowest BCUT2D eigenvalue weighted by Gasteiger charge is -2.35. The number of hydrogen-bond acceptors (Lipinski definition) is 2. The Morgan fingerprint density at radius 2 is 1.65 bits per heavy atom. The summed E-state index contributed by atoms with van der Waals surface area (Å²) in [6.07, 6.45) is 0. The smallest absolute Gasteiger partial charge is 0.237 e. The van der Waals surface area contributed by atoms with Gasteiger partial charge in [-0.3, -0.25) is 9.69 Å². The van der Waals surface area contributed by atoms with Gasteiger partial charge in [-0.2, -0.15) is 0 Å². The first-order valence-corrected chi connectivity index (χ1v) is 7.67. The third-order valence-electron chi connectivity index (χ3n) is 4.06. The molecule has 1 aliphatic rings. The van der Waals surface area contributed by atoms with E-state index in [2.05, 4.69) is 37.8 Å². The molecule has 1 aromatic rings. The normalized spacial score (nSPS) is 16.5. The van der Waals surface area contributed by atoms with Crippen LogP contribution in [0.4, 0.5) is 0 Å². The standard InChI is InChI=1S/C16H23ClN2O/c1-12-8-13(2)15(14(3)9-12)11-18-4-6-19(7-5-18)16(20)10-17/h8-9H,4-7,10-11H2,1-3H3. The number of alkyl halides is 1. The minimum Gasteiger partial charge on any atom is -0.339 e. The number of benzene rings is 1. The molecule has 20 heavy (non-hydrogen) atoms. The van der Waals surface area contributed by atoms with Gasteiger partial charge in [-0.25, -0.2) is 0 Å². The highest BCUT2D eigenvalue weighted by atomic mass is 35.5. The predicted molar refractivity (Wildman–Crippen MR) is 83.2 cm³/mol. The third kappa shape index (κ3) is 3.53. The quantitative estimate of drug-likeness (QED) is 0.800. The summed E-state index contributed by atoms with van der Waals surface area (Å²) in [4.78, 5) is 15.8. The van der Waals surface area contributed by atoms with Crippen LogP contribution in [0.5, 0.6) is 0 Å². The van der Waals surface area contributed by atoms with Crippen molar-refractivity contribution >= 4 is 17.5 Å². The minimum atomic E-state index is 0.0500. The first-order valence-electron chi connectivity index (χ1n) is 7.14. The zero-order valence-corrected chi connectivity index (χ0v) is 13.3. The zero-order valence-electron chi connectivity index (χ0n) is 12.6. The molecule has 0 N–H and O–H groups in total. The van der Waals surface area contributed by atoms with E-state index in [0.717, 1.165) is 32.7 Å². The molecular weight excluding hydrogens is 272 g/mol. The molecule has 4 heteroatoms. The van der Waals surface area contributed by atoms with Gasteiger partial charge in [-0.15, -0.1) is 11.6 Å². The highest BCUT2D eigenvalue weighted by Crippen LogP contribution is 2.19. The fourth-order valence-corrected chi connectivity index (χ4v) is 3.09. The van der Waals surface area contributed by atoms with Gasteiger partial charge in [0.15, 0.2) is 0 Å². The molecule has 1 aliphatic heterocycles. The number of amides is 1. The molecular formula is C16H23ClN2O. The van der Waals surface area contributed by atoms with Crippen molar-refractivity contribution in [3.05, 3.63) is 34.4 Å². The number of nitrogens with zero attached hydrogens (tertiary/aromatic N) is 2. The number of hydrogen-bond donors (Lipinski definition) is 0. The molecule has 110 valence electrons. The van der Waals surface area contributed by atoms with Crippen molar-refractivity contribution < 1.29 is 4.79 Å². The number of halogens is 1. The Morgan fingerprint density at radius 3 is 2.15 bits per heavy atom. The van der Waals surface area contributed by atoms with Gasteiger partial charge in [0.25, 0.3) is 0 Å². The van der Waals surface area contributed by atoms with E-state index in [-0.39, 0.29) is 11.8 Å². The van der Waals surface area contributed by atoms with E-state index in [1.54, 1.807) is 0 Å². The summed E-state index contributed by atoms with van der Waals surface area (Å²) in [5.41, 5.74) is 5.47. The molecule has 1 fully saturated rings. The average molecular weight is 295 g/mol. The molecule has 0 atom stereocenters. The summed E-state index contributed by atoms with van der Waals surface area (Å²) < 4.78 is 0. The van der Waals surface area contributed by atoms with Crippen LogP contribution in [0.15, 0.2) is 12.1 Å². The highest BCUT2D eigenvalue weighted by Gasteiger charge is 2.21. The average Bonchev–Trinajstić information content (AvgIpc) is 2.42. The number of aryl methyl sites for hydroxylation is 3. The van der Waals surface area contributed by atoms with E-state index in [0.29, 0.717) is 0 Å². The first kappa shape index (κ1) is 15.3. The predicted octanol–water partition coefficient (Wildman–Crippen LogP) is 2.49. The Bertz CT molecular complexity index is 470. The first-order chi connectivity index (χ1) is 9.51. The molecule has 0 unspecified atom stereocenters. The summed E-state index contributed by atoms with van der Waals surface area (Å²) in [5, 5.41) is 0. The van der Waals surface area contributed by atoms with Gasteiger partial charge in [0.2, 0.25) is 5.91 Å². The van der Waals surface area contributed by atoms with E-state index in [1.165, 1.54) is 22.3 Å². The van der Waals surface area contributed by atoms with E-state index >= 15 is 0 Å². The monoisotopic (exact) mass is 294 g/mol. The van der Waals surface area contributed by atoms with E-state index < -0.39 is 0 Å². The van der Waals surface area contributed by atoms with Crippen molar-refractivity contribution in [1.82, 2.24) is 9.80 Å². The van der Waals surface area contributed by atoms with Crippen LogP contribution in [0.3, 0.4) is 0 Å². The second kappa shape index (κ2) is 6.59. The van der Waals surface area contributed by atoms with Crippen LogP contribution in [0.1, 0.15) is 22.3 Å². The van der Waals surface area contributed by atoms with Crippen LogP contribution in [-0.2, 0) is 11.3 Å². The van der Waals surface area contributed by atoms with E-state index in [1.807, 2.05) is 4.90 Å². The second-order valence-electron chi connectivity index (χ2n) is 5.67. The largest absolute Gasteiger partial charge is 0.339 e. The fraction of sp³-hybridized carbons (Fsp3) is 0.562. The van der Waals surface area contributed by atoms with Gasteiger partial charge < -0.3 is 4.90 Å². The Hall–Kier alpha value is -1.06. The molecule has 0 aromatic heterocycles. The third-order valence-corrected chi connectivity index (χ3v) is 4.29.